The second-order valence-electron chi connectivity index (χ2n) is 4.99. The van der Waals surface area contributed by atoms with Gasteiger partial charge in [-0.3, -0.25) is 9.38 Å². The summed E-state index contributed by atoms with van der Waals surface area (Å²) >= 11 is 0. The molecule has 2 aromatic rings. The highest BCUT2D eigenvalue weighted by molar-refractivity contribution is 5.44. The van der Waals surface area contributed by atoms with E-state index in [1.165, 1.54) is 0 Å². The highest BCUT2D eigenvalue weighted by atomic mass is 15.2. The second-order valence-corrected chi connectivity index (χ2v) is 4.99. The number of likely N-dealkylation sites (N-methyl/N-ethyl adjacent to an activating group) is 1. The Morgan fingerprint density at radius 3 is 2.78 bits per heavy atom. The van der Waals surface area contributed by atoms with Crippen LogP contribution in [0.1, 0.15) is 39.3 Å². The number of aromatic nitrogens is 4. The van der Waals surface area contributed by atoms with Gasteiger partial charge in [-0.1, -0.05) is 20.8 Å². The molecule has 5 heteroatoms. The minimum Gasteiger partial charge on any atom is -0.314 e. The van der Waals surface area contributed by atoms with Crippen LogP contribution in [0.4, 0.5) is 0 Å². The van der Waals surface area contributed by atoms with Crippen molar-refractivity contribution in [3.05, 3.63) is 24.4 Å². The van der Waals surface area contributed by atoms with Crippen molar-refractivity contribution in [1.29, 1.82) is 0 Å². The minimum atomic E-state index is 0.331. The van der Waals surface area contributed by atoms with E-state index in [4.69, 9.17) is 0 Å². The van der Waals surface area contributed by atoms with Crippen molar-refractivity contribution in [3.63, 3.8) is 0 Å². The van der Waals surface area contributed by atoms with Crippen molar-refractivity contribution < 1.29 is 0 Å². The molecule has 2 aromatic heterocycles. The molecule has 98 valence electrons. The van der Waals surface area contributed by atoms with Crippen LogP contribution in [-0.2, 0) is 0 Å². The van der Waals surface area contributed by atoms with Crippen LogP contribution in [0.2, 0.25) is 0 Å². The molecule has 0 aliphatic rings. The Morgan fingerprint density at radius 2 is 2.11 bits per heavy atom. The van der Waals surface area contributed by atoms with Gasteiger partial charge < -0.3 is 5.32 Å². The van der Waals surface area contributed by atoms with Gasteiger partial charge in [0.2, 0.25) is 0 Å². The number of nitrogens with zero attached hydrogens (tertiary/aromatic N) is 4. The molecule has 2 unspecified atom stereocenters. The van der Waals surface area contributed by atoms with E-state index in [1.54, 1.807) is 6.33 Å². The highest BCUT2D eigenvalue weighted by Gasteiger charge is 2.26. The third-order valence-electron chi connectivity index (χ3n) is 3.34. The summed E-state index contributed by atoms with van der Waals surface area (Å²) in [5.41, 5.74) is 1.89. The topological polar surface area (TPSA) is 55.1 Å². The summed E-state index contributed by atoms with van der Waals surface area (Å²) in [6.07, 6.45) is 5.42. The molecule has 0 radical (unpaired) electrons. The zero-order valence-electron chi connectivity index (χ0n) is 11.5. The Kier molecular flexibility index (Phi) is 3.91. The third-order valence-corrected chi connectivity index (χ3v) is 3.34. The van der Waals surface area contributed by atoms with E-state index in [0.717, 1.165) is 17.9 Å². The summed E-state index contributed by atoms with van der Waals surface area (Å²) in [6, 6.07) is 0.366. The van der Waals surface area contributed by atoms with E-state index < -0.39 is 0 Å². The molecule has 2 atom stereocenters. The Hall–Kier alpha value is -1.49. The van der Waals surface area contributed by atoms with Crippen LogP contribution in [0.15, 0.2) is 18.7 Å². The monoisotopic (exact) mass is 247 g/mol. The zero-order chi connectivity index (χ0) is 13.1. The number of hydrogen-bond donors (Lipinski definition) is 1. The van der Waals surface area contributed by atoms with E-state index in [1.807, 2.05) is 16.8 Å². The van der Waals surface area contributed by atoms with Crippen LogP contribution in [-0.4, -0.2) is 32.2 Å². The van der Waals surface area contributed by atoms with Gasteiger partial charge in [-0.05, 0) is 19.4 Å². The molecule has 0 bridgehead atoms. The summed E-state index contributed by atoms with van der Waals surface area (Å²) in [5, 5.41) is 11.6. The lowest BCUT2D eigenvalue weighted by Crippen LogP contribution is -2.35. The van der Waals surface area contributed by atoms with Gasteiger partial charge in [-0.15, -0.1) is 10.2 Å². The van der Waals surface area contributed by atoms with Crippen molar-refractivity contribution in [2.45, 2.75) is 39.7 Å². The summed E-state index contributed by atoms with van der Waals surface area (Å²) < 4.78 is 1.93. The fourth-order valence-corrected chi connectivity index (χ4v) is 2.59. The average Bonchev–Trinajstić information content (AvgIpc) is 2.78. The minimum absolute atomic E-state index is 0.331. The summed E-state index contributed by atoms with van der Waals surface area (Å²) in [5.74, 6) is 0.826. The third kappa shape index (κ3) is 2.36. The normalized spacial score (nSPS) is 15.2. The molecule has 1 N–H and O–H groups in total. The standard InChI is InChI=1S/C13H21N5/c1-5-14-10(4)11(9(2)3)12-13-17-16-8-18(13)7-6-15-12/h6-11,14H,5H2,1-4H3. The Bertz CT molecular complexity index is 505. The predicted molar refractivity (Wildman–Crippen MR) is 71.5 cm³/mol. The van der Waals surface area contributed by atoms with E-state index in [9.17, 15) is 0 Å². The smallest absolute Gasteiger partial charge is 0.182 e. The van der Waals surface area contributed by atoms with Gasteiger partial charge in [-0.25, -0.2) is 0 Å². The number of hydrogen-bond acceptors (Lipinski definition) is 4. The fraction of sp³-hybridized carbons (Fsp3) is 0.615. The maximum absolute atomic E-state index is 4.54. The number of rotatable bonds is 5. The number of nitrogens with one attached hydrogen (secondary N) is 1. The van der Waals surface area contributed by atoms with Gasteiger partial charge in [0.05, 0.1) is 5.69 Å². The van der Waals surface area contributed by atoms with Crippen LogP contribution in [0, 0.1) is 5.92 Å². The first-order chi connectivity index (χ1) is 8.65. The van der Waals surface area contributed by atoms with Gasteiger partial charge in [0.25, 0.3) is 0 Å². The molecule has 0 saturated carbocycles. The molecule has 18 heavy (non-hydrogen) atoms. The van der Waals surface area contributed by atoms with E-state index in [-0.39, 0.29) is 0 Å². The van der Waals surface area contributed by atoms with Crippen LogP contribution in [0.3, 0.4) is 0 Å². The van der Waals surface area contributed by atoms with Gasteiger partial charge in [0, 0.05) is 24.4 Å². The summed E-state index contributed by atoms with van der Waals surface area (Å²) in [4.78, 5) is 4.54. The van der Waals surface area contributed by atoms with E-state index in [0.29, 0.717) is 17.9 Å². The molecule has 0 aromatic carbocycles. The first kappa shape index (κ1) is 13.0. The molecule has 0 amide bonds. The first-order valence-corrected chi connectivity index (χ1v) is 6.52. The summed E-state index contributed by atoms with van der Waals surface area (Å²) in [7, 11) is 0. The molecule has 2 heterocycles. The van der Waals surface area contributed by atoms with Crippen LogP contribution in [0.25, 0.3) is 5.65 Å². The van der Waals surface area contributed by atoms with Crippen molar-refractivity contribution in [2.75, 3.05) is 6.54 Å². The molecule has 2 rings (SSSR count). The predicted octanol–water partition coefficient (Wildman–Crippen LogP) is 1.86. The molecule has 0 aliphatic heterocycles. The summed E-state index contributed by atoms with van der Waals surface area (Å²) in [6.45, 7) is 9.73. The van der Waals surface area contributed by atoms with Crippen molar-refractivity contribution >= 4 is 5.65 Å². The van der Waals surface area contributed by atoms with Crippen LogP contribution >= 0.6 is 0 Å². The largest absolute Gasteiger partial charge is 0.314 e. The quantitative estimate of drug-likeness (QED) is 0.876. The second kappa shape index (κ2) is 5.44. The average molecular weight is 247 g/mol. The zero-order valence-corrected chi connectivity index (χ0v) is 11.5. The molecule has 0 spiro atoms. The van der Waals surface area contributed by atoms with E-state index in [2.05, 4.69) is 48.2 Å². The molecular formula is C13H21N5. The van der Waals surface area contributed by atoms with Crippen molar-refractivity contribution in [1.82, 2.24) is 24.9 Å². The Morgan fingerprint density at radius 1 is 1.33 bits per heavy atom. The van der Waals surface area contributed by atoms with Gasteiger partial charge in [0.1, 0.15) is 6.33 Å². The molecule has 0 saturated heterocycles. The SMILES string of the molecule is CCNC(C)C(c1nccn2cnnc12)C(C)C. The van der Waals surface area contributed by atoms with Gasteiger partial charge in [-0.2, -0.15) is 0 Å². The lowest BCUT2D eigenvalue weighted by atomic mass is 9.86. The Balaban J connectivity index is 2.44. The van der Waals surface area contributed by atoms with Crippen molar-refractivity contribution in [3.8, 4) is 0 Å². The number of fused-ring (bicyclic) bond motifs is 1. The van der Waals surface area contributed by atoms with E-state index >= 15 is 0 Å². The molecule has 5 nitrogen and oxygen atoms in total. The van der Waals surface area contributed by atoms with Crippen LogP contribution in [0.5, 0.6) is 0 Å². The molecular weight excluding hydrogens is 226 g/mol. The first-order valence-electron chi connectivity index (χ1n) is 6.52. The molecule has 0 fully saturated rings. The highest BCUT2D eigenvalue weighted by Crippen LogP contribution is 2.28. The molecule has 0 aliphatic carbocycles. The van der Waals surface area contributed by atoms with Crippen LogP contribution < -0.4 is 5.32 Å². The maximum Gasteiger partial charge on any atom is 0.182 e. The van der Waals surface area contributed by atoms with Gasteiger partial charge in [0.15, 0.2) is 5.65 Å². The lowest BCUT2D eigenvalue weighted by Gasteiger charge is -2.27. The lowest BCUT2D eigenvalue weighted by molar-refractivity contribution is 0.377. The fourth-order valence-electron chi connectivity index (χ4n) is 2.59. The maximum atomic E-state index is 4.54. The van der Waals surface area contributed by atoms with Crippen molar-refractivity contribution in [2.24, 2.45) is 5.92 Å². The Labute approximate surface area is 108 Å². The van der Waals surface area contributed by atoms with Gasteiger partial charge >= 0.3 is 0 Å².